The van der Waals surface area contributed by atoms with E-state index in [-0.39, 0.29) is 23.4 Å². The maximum atomic E-state index is 12.7. The minimum absolute atomic E-state index is 0.0151. The fourth-order valence-corrected chi connectivity index (χ4v) is 3.44. The molecule has 0 N–H and O–H groups in total. The summed E-state index contributed by atoms with van der Waals surface area (Å²) in [6.45, 7) is 3.37. The molecule has 0 saturated carbocycles. The Bertz CT molecular complexity index is 743. The molecule has 2 aliphatic heterocycles. The number of rotatable bonds is 4. The van der Waals surface area contributed by atoms with E-state index in [0.29, 0.717) is 45.0 Å². The van der Waals surface area contributed by atoms with E-state index in [4.69, 9.17) is 4.74 Å². The van der Waals surface area contributed by atoms with E-state index in [1.165, 1.54) is 18.2 Å². The molecule has 0 aliphatic carbocycles. The Labute approximate surface area is 157 Å². The van der Waals surface area contributed by atoms with Crippen molar-refractivity contribution in [1.82, 2.24) is 9.80 Å². The Kier molecular flexibility index (Phi) is 6.18. The van der Waals surface area contributed by atoms with Crippen LogP contribution in [0.5, 0.6) is 0 Å². The SMILES string of the molecule is O=C(/C=C/c1cccc([N+](=O)[O-])c1)N1CCCC(C(=O)N2CCOCC2)C1. The monoisotopic (exact) mass is 373 g/mol. The van der Waals surface area contributed by atoms with Crippen molar-refractivity contribution >= 4 is 23.6 Å². The Balaban J connectivity index is 1.60. The second kappa shape index (κ2) is 8.77. The maximum absolute atomic E-state index is 12.7. The molecule has 2 aliphatic rings. The first-order chi connectivity index (χ1) is 13.0. The number of piperidine rings is 1. The van der Waals surface area contributed by atoms with E-state index in [1.54, 1.807) is 23.1 Å². The number of nitro groups is 1. The van der Waals surface area contributed by atoms with Crippen LogP contribution in [0.15, 0.2) is 30.3 Å². The van der Waals surface area contributed by atoms with E-state index in [1.807, 2.05) is 4.90 Å². The maximum Gasteiger partial charge on any atom is 0.270 e. The molecule has 0 spiro atoms. The van der Waals surface area contributed by atoms with Gasteiger partial charge < -0.3 is 14.5 Å². The van der Waals surface area contributed by atoms with Crippen molar-refractivity contribution in [2.75, 3.05) is 39.4 Å². The van der Waals surface area contributed by atoms with Gasteiger partial charge >= 0.3 is 0 Å². The number of morpholine rings is 1. The number of likely N-dealkylation sites (tertiary alicyclic amines) is 1. The van der Waals surface area contributed by atoms with Crippen molar-refractivity contribution in [3.63, 3.8) is 0 Å². The Morgan fingerprint density at radius 2 is 1.96 bits per heavy atom. The predicted molar refractivity (Wildman–Crippen MR) is 98.8 cm³/mol. The second-order valence-corrected chi connectivity index (χ2v) is 6.75. The third-order valence-corrected chi connectivity index (χ3v) is 4.90. The van der Waals surface area contributed by atoms with E-state index in [9.17, 15) is 19.7 Å². The number of hydrogen-bond acceptors (Lipinski definition) is 5. The summed E-state index contributed by atoms with van der Waals surface area (Å²) >= 11 is 0. The molecule has 144 valence electrons. The van der Waals surface area contributed by atoms with Crippen LogP contribution in [-0.4, -0.2) is 65.9 Å². The Morgan fingerprint density at radius 1 is 1.19 bits per heavy atom. The van der Waals surface area contributed by atoms with Crippen molar-refractivity contribution < 1.29 is 19.2 Å². The van der Waals surface area contributed by atoms with Crippen molar-refractivity contribution in [1.29, 1.82) is 0 Å². The normalized spacial score (nSPS) is 20.7. The summed E-state index contributed by atoms with van der Waals surface area (Å²) < 4.78 is 5.28. The molecule has 1 aromatic carbocycles. The molecule has 0 radical (unpaired) electrons. The number of carbonyl (C=O) groups excluding carboxylic acids is 2. The highest BCUT2D eigenvalue weighted by Gasteiger charge is 2.31. The van der Waals surface area contributed by atoms with Crippen LogP contribution >= 0.6 is 0 Å². The summed E-state index contributed by atoms with van der Waals surface area (Å²) in [5.41, 5.74) is 0.578. The van der Waals surface area contributed by atoms with Gasteiger partial charge in [-0.15, -0.1) is 0 Å². The van der Waals surface area contributed by atoms with E-state index in [2.05, 4.69) is 0 Å². The fraction of sp³-hybridized carbons (Fsp3) is 0.474. The van der Waals surface area contributed by atoms with Crippen molar-refractivity contribution in [2.24, 2.45) is 5.92 Å². The third-order valence-electron chi connectivity index (χ3n) is 4.90. The number of carbonyl (C=O) groups is 2. The van der Waals surface area contributed by atoms with Gasteiger partial charge in [0.15, 0.2) is 0 Å². The lowest BCUT2D eigenvalue weighted by atomic mass is 9.96. The van der Waals surface area contributed by atoms with E-state index < -0.39 is 4.92 Å². The molecule has 2 heterocycles. The second-order valence-electron chi connectivity index (χ2n) is 6.75. The summed E-state index contributed by atoms with van der Waals surface area (Å²) in [5.74, 6) is -0.258. The summed E-state index contributed by atoms with van der Waals surface area (Å²) in [6, 6.07) is 6.12. The number of amides is 2. The van der Waals surface area contributed by atoms with Gasteiger partial charge in [0.2, 0.25) is 11.8 Å². The van der Waals surface area contributed by atoms with Crippen LogP contribution in [0.25, 0.3) is 6.08 Å². The first-order valence-corrected chi connectivity index (χ1v) is 9.12. The van der Waals surface area contributed by atoms with Gasteiger partial charge in [0, 0.05) is 44.4 Å². The number of nitro benzene ring substituents is 1. The van der Waals surface area contributed by atoms with Crippen molar-refractivity contribution in [3.05, 3.63) is 46.0 Å². The van der Waals surface area contributed by atoms with Crippen LogP contribution in [0.4, 0.5) is 5.69 Å². The van der Waals surface area contributed by atoms with Crippen LogP contribution < -0.4 is 0 Å². The summed E-state index contributed by atoms with van der Waals surface area (Å²) in [5, 5.41) is 10.8. The van der Waals surface area contributed by atoms with E-state index in [0.717, 1.165) is 12.8 Å². The lowest BCUT2D eigenvalue weighted by molar-refractivity contribution is -0.384. The topological polar surface area (TPSA) is 93.0 Å². The average molecular weight is 373 g/mol. The Hall–Kier alpha value is -2.74. The minimum Gasteiger partial charge on any atom is -0.378 e. The molecule has 2 fully saturated rings. The number of benzene rings is 1. The van der Waals surface area contributed by atoms with Crippen LogP contribution in [0.3, 0.4) is 0 Å². The van der Waals surface area contributed by atoms with Crippen LogP contribution in [0.1, 0.15) is 18.4 Å². The van der Waals surface area contributed by atoms with Gasteiger partial charge in [-0.2, -0.15) is 0 Å². The smallest absolute Gasteiger partial charge is 0.270 e. The molecular weight excluding hydrogens is 350 g/mol. The lowest BCUT2D eigenvalue weighted by Gasteiger charge is -2.35. The first kappa shape index (κ1) is 19.0. The van der Waals surface area contributed by atoms with Gasteiger partial charge in [-0.3, -0.25) is 19.7 Å². The van der Waals surface area contributed by atoms with Gasteiger partial charge in [0.25, 0.3) is 5.69 Å². The molecule has 1 aromatic rings. The molecule has 27 heavy (non-hydrogen) atoms. The van der Waals surface area contributed by atoms with Crippen LogP contribution in [-0.2, 0) is 14.3 Å². The molecule has 8 heteroatoms. The average Bonchev–Trinajstić information content (AvgIpc) is 2.72. The highest BCUT2D eigenvalue weighted by Crippen LogP contribution is 2.20. The van der Waals surface area contributed by atoms with Gasteiger partial charge in [-0.1, -0.05) is 12.1 Å². The summed E-state index contributed by atoms with van der Waals surface area (Å²) in [7, 11) is 0. The standard InChI is InChI=1S/C19H23N3O5/c23-18(7-6-15-3-1-5-17(13-15)22(25)26)21-8-2-4-16(14-21)19(24)20-9-11-27-12-10-20/h1,3,5-7,13,16H,2,4,8-12,14H2/b7-6+. The molecule has 1 unspecified atom stereocenters. The van der Waals surface area contributed by atoms with Gasteiger partial charge in [-0.05, 0) is 24.5 Å². The van der Waals surface area contributed by atoms with Crippen molar-refractivity contribution in [2.45, 2.75) is 12.8 Å². The zero-order chi connectivity index (χ0) is 19.2. The molecule has 1 atom stereocenters. The number of hydrogen-bond donors (Lipinski definition) is 0. The predicted octanol–water partition coefficient (Wildman–Crippen LogP) is 1.71. The zero-order valence-electron chi connectivity index (χ0n) is 15.1. The van der Waals surface area contributed by atoms with Gasteiger partial charge in [0.1, 0.15) is 0 Å². The number of ether oxygens (including phenoxy) is 1. The molecule has 2 amide bonds. The third kappa shape index (κ3) is 4.91. The van der Waals surface area contributed by atoms with Crippen LogP contribution in [0, 0.1) is 16.0 Å². The molecule has 2 saturated heterocycles. The molecular formula is C19H23N3O5. The minimum atomic E-state index is -0.467. The summed E-state index contributed by atoms with van der Waals surface area (Å²) in [6.07, 6.45) is 4.56. The molecule has 8 nitrogen and oxygen atoms in total. The largest absolute Gasteiger partial charge is 0.378 e. The fourth-order valence-electron chi connectivity index (χ4n) is 3.44. The number of non-ortho nitro benzene ring substituents is 1. The summed E-state index contributed by atoms with van der Waals surface area (Å²) in [4.78, 5) is 39.0. The molecule has 0 aromatic heterocycles. The van der Waals surface area contributed by atoms with Gasteiger partial charge in [-0.25, -0.2) is 0 Å². The Morgan fingerprint density at radius 3 is 2.70 bits per heavy atom. The molecule has 3 rings (SSSR count). The van der Waals surface area contributed by atoms with E-state index >= 15 is 0 Å². The lowest BCUT2D eigenvalue weighted by Crippen LogP contribution is -2.49. The highest BCUT2D eigenvalue weighted by atomic mass is 16.6. The van der Waals surface area contributed by atoms with Crippen molar-refractivity contribution in [3.8, 4) is 0 Å². The van der Waals surface area contributed by atoms with Crippen LogP contribution in [0.2, 0.25) is 0 Å². The zero-order valence-corrected chi connectivity index (χ0v) is 15.1. The quantitative estimate of drug-likeness (QED) is 0.455. The van der Waals surface area contributed by atoms with Gasteiger partial charge in [0.05, 0.1) is 24.1 Å². The number of nitrogens with zero attached hydrogens (tertiary/aromatic N) is 3. The molecule has 0 bridgehead atoms. The first-order valence-electron chi connectivity index (χ1n) is 9.12. The highest BCUT2D eigenvalue weighted by molar-refractivity contribution is 5.92.